The maximum absolute atomic E-state index is 14.7. The molecule has 8 rings (SSSR count). The highest BCUT2D eigenvalue weighted by atomic mass is 16.7. The molecule has 6 aliphatic heterocycles. The fourth-order valence-corrected chi connectivity index (χ4v) is 10.2. The summed E-state index contributed by atoms with van der Waals surface area (Å²) in [5.41, 5.74) is -5.26. The van der Waals surface area contributed by atoms with Crippen LogP contribution in [0.15, 0.2) is 11.6 Å². The van der Waals surface area contributed by atoms with Crippen molar-refractivity contribution in [1.29, 1.82) is 0 Å². The van der Waals surface area contributed by atoms with Crippen LogP contribution in [-0.2, 0) is 42.9 Å². The number of hydrogen-bond acceptors (Lipinski definition) is 10. The second kappa shape index (κ2) is 6.66. The third-order valence-electron chi connectivity index (χ3n) is 11.9. The van der Waals surface area contributed by atoms with Crippen LogP contribution < -0.4 is 0 Å². The highest BCUT2D eigenvalue weighted by Crippen LogP contribution is 2.70. The number of carbonyl (C=O) groups excluding carboxylic acids is 4. The molecular weight excluding hydrogens is 508 g/mol. The highest BCUT2D eigenvalue weighted by Gasteiger charge is 2.83. The number of aliphatic hydroxyl groups is 1. The smallest absolute Gasteiger partial charge is 0.341 e. The summed E-state index contributed by atoms with van der Waals surface area (Å²) in [4.78, 5) is 54.1. The quantitative estimate of drug-likeness (QED) is 0.449. The molecule has 0 aromatic rings. The Morgan fingerprint density at radius 2 is 1.77 bits per heavy atom. The summed E-state index contributed by atoms with van der Waals surface area (Å²) in [5.74, 6) is -5.41. The molecule has 7 fully saturated rings. The van der Waals surface area contributed by atoms with Gasteiger partial charge in [-0.05, 0) is 40.0 Å². The number of fused-ring (bicyclic) bond motifs is 2. The van der Waals surface area contributed by atoms with Gasteiger partial charge >= 0.3 is 11.9 Å². The average Bonchev–Trinajstić information content (AvgIpc) is 3.40. The van der Waals surface area contributed by atoms with E-state index in [-0.39, 0.29) is 36.3 Å². The molecule has 0 radical (unpaired) electrons. The number of Topliss-reactive ketones (excluding diaryl/α,β-unsaturated/α-hetero) is 2. The Balaban J connectivity index is 1.33. The number of hydrogen-bond donors (Lipinski definition) is 1. The van der Waals surface area contributed by atoms with Crippen LogP contribution in [0.25, 0.3) is 0 Å². The first-order chi connectivity index (χ1) is 18.1. The van der Waals surface area contributed by atoms with Gasteiger partial charge in [0, 0.05) is 41.1 Å². The van der Waals surface area contributed by atoms with Crippen LogP contribution in [0.5, 0.6) is 0 Å². The van der Waals surface area contributed by atoms with Gasteiger partial charge in [0.2, 0.25) is 11.6 Å². The van der Waals surface area contributed by atoms with E-state index in [0.717, 1.165) is 0 Å². The molecule has 10 heteroatoms. The topological polar surface area (TPSA) is 135 Å². The van der Waals surface area contributed by atoms with Gasteiger partial charge in [-0.1, -0.05) is 19.9 Å². The van der Waals surface area contributed by atoms with Gasteiger partial charge in [-0.25, -0.2) is 4.79 Å². The van der Waals surface area contributed by atoms with Gasteiger partial charge in [-0.3, -0.25) is 14.4 Å². The Kier molecular flexibility index (Phi) is 4.21. The molecule has 6 heterocycles. The second-order valence-electron chi connectivity index (χ2n) is 14.2. The summed E-state index contributed by atoms with van der Waals surface area (Å²) in [6, 6.07) is 0. The summed E-state index contributed by atoms with van der Waals surface area (Å²) in [6.07, 6.45) is 0.951. The standard InChI is InChI=1S/C29H34O10/c1-12-17-18-22(26(5,34)23(33)35-18)38-29-19(17)25(4,20(12)31)8-9-27(39-29)11-28-14(7-6-13(27)21(29)32)24(2,3)36-15(28)10-16(30)37-28/h6,12,14-15,17-19,22,34H,7-11H2,1-5H3/t12-,14-,15+,17+,18+,19-,22-,25-,26+,27-,28+,29+/m0/s1. The molecule has 39 heavy (non-hydrogen) atoms. The Labute approximate surface area is 225 Å². The first-order valence-corrected chi connectivity index (χ1v) is 14.1. The molecule has 2 bridgehead atoms. The van der Waals surface area contributed by atoms with Crippen LogP contribution in [0.1, 0.15) is 66.7 Å². The molecule has 10 nitrogen and oxygen atoms in total. The van der Waals surface area contributed by atoms with Gasteiger partial charge < -0.3 is 28.8 Å². The Hall–Kier alpha value is -2.14. The van der Waals surface area contributed by atoms with Crippen LogP contribution in [0.2, 0.25) is 0 Å². The van der Waals surface area contributed by atoms with E-state index in [9.17, 15) is 24.3 Å². The zero-order valence-electron chi connectivity index (χ0n) is 22.8. The van der Waals surface area contributed by atoms with Crippen LogP contribution in [0.4, 0.5) is 0 Å². The van der Waals surface area contributed by atoms with Crippen LogP contribution in [0, 0.1) is 29.1 Å². The molecule has 0 unspecified atom stereocenters. The average molecular weight is 543 g/mol. The van der Waals surface area contributed by atoms with E-state index >= 15 is 0 Å². The molecule has 6 saturated heterocycles. The number of allylic oxidation sites excluding steroid dienone is 1. The molecule has 0 amide bonds. The van der Waals surface area contributed by atoms with Gasteiger partial charge in [0.05, 0.1) is 12.0 Å². The van der Waals surface area contributed by atoms with Crippen molar-refractivity contribution in [2.45, 2.75) is 113 Å². The van der Waals surface area contributed by atoms with Crippen molar-refractivity contribution < 1.29 is 48.0 Å². The van der Waals surface area contributed by atoms with Crippen molar-refractivity contribution in [3.8, 4) is 0 Å². The van der Waals surface area contributed by atoms with Crippen LogP contribution >= 0.6 is 0 Å². The summed E-state index contributed by atoms with van der Waals surface area (Å²) < 4.78 is 31.7. The van der Waals surface area contributed by atoms with E-state index in [0.29, 0.717) is 24.8 Å². The normalized spacial score (nSPS) is 57.9. The molecule has 1 N–H and O–H groups in total. The summed E-state index contributed by atoms with van der Waals surface area (Å²) in [5, 5.41) is 11.2. The molecule has 0 aromatic carbocycles. The van der Waals surface area contributed by atoms with E-state index in [1.54, 1.807) is 6.92 Å². The number of ether oxygens (including phenoxy) is 5. The van der Waals surface area contributed by atoms with Crippen LogP contribution in [-0.4, -0.2) is 75.1 Å². The Morgan fingerprint density at radius 3 is 2.51 bits per heavy atom. The lowest BCUT2D eigenvalue weighted by Crippen LogP contribution is -2.65. The maximum atomic E-state index is 14.7. The van der Waals surface area contributed by atoms with E-state index in [1.807, 2.05) is 26.8 Å². The van der Waals surface area contributed by atoms with Gasteiger partial charge in [0.15, 0.2) is 5.60 Å². The summed E-state index contributed by atoms with van der Waals surface area (Å²) >= 11 is 0. The minimum atomic E-state index is -2.01. The molecule has 210 valence electrons. The van der Waals surface area contributed by atoms with Crippen molar-refractivity contribution in [1.82, 2.24) is 0 Å². The first kappa shape index (κ1) is 24.6. The summed E-state index contributed by atoms with van der Waals surface area (Å²) in [6.45, 7) is 8.97. The van der Waals surface area contributed by atoms with Crippen molar-refractivity contribution in [2.24, 2.45) is 29.1 Å². The van der Waals surface area contributed by atoms with Crippen molar-refractivity contribution in [3.05, 3.63) is 11.6 Å². The largest absolute Gasteiger partial charge is 0.457 e. The Morgan fingerprint density at radius 1 is 1.03 bits per heavy atom. The van der Waals surface area contributed by atoms with Gasteiger partial charge in [-0.15, -0.1) is 0 Å². The number of ketones is 2. The van der Waals surface area contributed by atoms with Crippen LogP contribution in [0.3, 0.4) is 0 Å². The van der Waals surface area contributed by atoms with E-state index in [2.05, 4.69) is 0 Å². The van der Waals surface area contributed by atoms with Crippen molar-refractivity contribution >= 4 is 23.5 Å². The monoisotopic (exact) mass is 542 g/mol. The zero-order valence-corrected chi connectivity index (χ0v) is 22.8. The van der Waals surface area contributed by atoms with Gasteiger partial charge in [-0.2, -0.15) is 0 Å². The highest BCUT2D eigenvalue weighted by molar-refractivity contribution is 6.07. The number of carbonyl (C=O) groups is 4. The molecule has 0 aromatic heterocycles. The molecule has 8 aliphatic rings. The first-order valence-electron chi connectivity index (χ1n) is 14.1. The lowest BCUT2D eigenvalue weighted by atomic mass is 9.62. The predicted molar refractivity (Wildman–Crippen MR) is 129 cm³/mol. The van der Waals surface area contributed by atoms with E-state index < -0.39 is 75.6 Å². The minimum Gasteiger partial charge on any atom is -0.457 e. The fourth-order valence-electron chi connectivity index (χ4n) is 10.2. The van der Waals surface area contributed by atoms with Crippen molar-refractivity contribution in [2.75, 3.05) is 0 Å². The number of esters is 2. The molecule has 1 saturated carbocycles. The molecule has 12 atom stereocenters. The second-order valence-corrected chi connectivity index (χ2v) is 14.2. The predicted octanol–water partition coefficient (Wildman–Crippen LogP) is 1.55. The lowest BCUT2D eigenvalue weighted by Gasteiger charge is -2.50. The van der Waals surface area contributed by atoms with Gasteiger partial charge in [0.1, 0.15) is 35.3 Å². The van der Waals surface area contributed by atoms with Crippen molar-refractivity contribution in [3.63, 3.8) is 0 Å². The SMILES string of the molecule is C[C@@H]1C(=O)[C@@]2(C)CC[C@]34C[C@]56OC(=O)C[C@H]5OC(C)(C)[C@@H]6CC=C3C(=O)[C@]3(O[C@H]5[C@H](OC(=O)[C@]5(C)O)[C@@H]1[C@H]32)O4. The molecule has 2 aliphatic carbocycles. The van der Waals surface area contributed by atoms with E-state index in [4.69, 9.17) is 23.7 Å². The minimum absolute atomic E-state index is 0.0187. The van der Waals surface area contributed by atoms with E-state index in [1.165, 1.54) is 6.92 Å². The third-order valence-corrected chi connectivity index (χ3v) is 11.9. The zero-order chi connectivity index (χ0) is 27.7. The fraction of sp³-hybridized carbons (Fsp3) is 0.793. The molecule has 3 spiro atoms. The number of rotatable bonds is 0. The summed E-state index contributed by atoms with van der Waals surface area (Å²) in [7, 11) is 0. The lowest BCUT2D eigenvalue weighted by molar-refractivity contribution is -0.337. The van der Waals surface area contributed by atoms with Gasteiger partial charge in [0.25, 0.3) is 0 Å². The molecular formula is C29H34O10. The Bertz CT molecular complexity index is 1310. The maximum Gasteiger partial charge on any atom is 0.341 e. The third kappa shape index (κ3) is 2.48.